The van der Waals surface area contributed by atoms with Gasteiger partial charge in [0.15, 0.2) is 0 Å². The first-order valence-electron chi connectivity index (χ1n) is 9.40. The van der Waals surface area contributed by atoms with Gasteiger partial charge < -0.3 is 10.2 Å². The number of hydrogen-bond donors (Lipinski definition) is 2. The molecule has 0 bridgehead atoms. The molecule has 7 nitrogen and oxygen atoms in total. The maximum absolute atomic E-state index is 12.4. The van der Waals surface area contributed by atoms with Crippen molar-refractivity contribution in [2.45, 2.75) is 50.5 Å². The van der Waals surface area contributed by atoms with Crippen molar-refractivity contribution < 1.29 is 18.0 Å². The fraction of sp³-hybridized carbons (Fsp3) is 0.579. The zero-order chi connectivity index (χ0) is 19.9. The van der Waals surface area contributed by atoms with Gasteiger partial charge in [-0.05, 0) is 37.3 Å². The molecule has 1 fully saturated rings. The van der Waals surface area contributed by atoms with E-state index in [1.807, 2.05) is 0 Å². The van der Waals surface area contributed by atoms with Gasteiger partial charge in [0.2, 0.25) is 21.8 Å². The van der Waals surface area contributed by atoms with Crippen molar-refractivity contribution in [3.63, 3.8) is 0 Å². The van der Waals surface area contributed by atoms with Gasteiger partial charge in [-0.1, -0.05) is 32.0 Å². The molecule has 8 heteroatoms. The lowest BCUT2D eigenvalue weighted by atomic mass is 10.1. The highest BCUT2D eigenvalue weighted by atomic mass is 32.2. The molecule has 2 rings (SSSR count). The number of nitrogens with zero attached hydrogens (tertiary/aromatic N) is 1. The van der Waals surface area contributed by atoms with E-state index in [4.69, 9.17) is 0 Å². The van der Waals surface area contributed by atoms with Gasteiger partial charge in [0, 0.05) is 25.6 Å². The van der Waals surface area contributed by atoms with Crippen molar-refractivity contribution in [3.05, 3.63) is 30.3 Å². The summed E-state index contributed by atoms with van der Waals surface area (Å²) in [6.45, 7) is 5.05. The number of carbonyl (C=O) groups is 2. The van der Waals surface area contributed by atoms with Crippen molar-refractivity contribution in [1.29, 1.82) is 0 Å². The van der Waals surface area contributed by atoms with Crippen LogP contribution in [-0.4, -0.2) is 50.8 Å². The van der Waals surface area contributed by atoms with Gasteiger partial charge in [-0.15, -0.1) is 0 Å². The van der Waals surface area contributed by atoms with Crippen molar-refractivity contribution in [2.75, 3.05) is 19.6 Å². The number of hydrogen-bond acceptors (Lipinski definition) is 4. The molecule has 2 N–H and O–H groups in total. The number of likely N-dealkylation sites (tertiary alicyclic amines) is 1. The van der Waals surface area contributed by atoms with Crippen LogP contribution in [0.3, 0.4) is 0 Å². The van der Waals surface area contributed by atoms with Crippen LogP contribution < -0.4 is 10.0 Å². The molecule has 0 saturated carbocycles. The van der Waals surface area contributed by atoms with E-state index in [9.17, 15) is 18.0 Å². The smallest absolute Gasteiger partial charge is 0.241 e. The van der Waals surface area contributed by atoms with Crippen LogP contribution in [0.4, 0.5) is 0 Å². The Hall–Kier alpha value is -1.93. The Labute approximate surface area is 161 Å². The summed E-state index contributed by atoms with van der Waals surface area (Å²) in [7, 11) is -3.54. The summed E-state index contributed by atoms with van der Waals surface area (Å²) in [4.78, 5) is 25.9. The summed E-state index contributed by atoms with van der Waals surface area (Å²) in [5.41, 5.74) is 0. The molecule has 1 aromatic rings. The van der Waals surface area contributed by atoms with Crippen molar-refractivity contribution in [2.24, 2.45) is 5.92 Å². The topological polar surface area (TPSA) is 95.6 Å². The van der Waals surface area contributed by atoms with Gasteiger partial charge in [0.25, 0.3) is 0 Å². The molecule has 0 spiro atoms. The first-order chi connectivity index (χ1) is 12.8. The molecule has 150 valence electrons. The molecule has 1 saturated heterocycles. The van der Waals surface area contributed by atoms with Crippen LogP contribution in [0.15, 0.2) is 35.2 Å². The molecule has 2 amide bonds. The first kappa shape index (κ1) is 21.4. The minimum Gasteiger partial charge on any atom is -0.347 e. The summed E-state index contributed by atoms with van der Waals surface area (Å²) in [6, 6.07) is 8.06. The number of amides is 2. The number of carbonyl (C=O) groups excluding carboxylic acids is 2. The monoisotopic (exact) mass is 395 g/mol. The highest BCUT2D eigenvalue weighted by Crippen LogP contribution is 2.15. The molecule has 1 aromatic carbocycles. The Morgan fingerprint density at radius 1 is 1.15 bits per heavy atom. The van der Waals surface area contributed by atoms with Crippen molar-refractivity contribution in [1.82, 2.24) is 14.9 Å². The molecular weight excluding hydrogens is 366 g/mol. The van der Waals surface area contributed by atoms with E-state index in [1.165, 1.54) is 0 Å². The van der Waals surface area contributed by atoms with Gasteiger partial charge in [-0.25, -0.2) is 13.1 Å². The third-order valence-electron chi connectivity index (χ3n) is 4.61. The van der Waals surface area contributed by atoms with E-state index in [2.05, 4.69) is 23.9 Å². The maximum Gasteiger partial charge on any atom is 0.241 e. The van der Waals surface area contributed by atoms with E-state index in [-0.39, 0.29) is 29.3 Å². The van der Waals surface area contributed by atoms with Gasteiger partial charge in [-0.2, -0.15) is 0 Å². The predicted octanol–water partition coefficient (Wildman–Crippen LogP) is 1.51. The molecule has 27 heavy (non-hydrogen) atoms. The minimum absolute atomic E-state index is 0.00264. The Bertz CT molecular complexity index is 727. The van der Waals surface area contributed by atoms with Crippen LogP contribution in [-0.2, 0) is 19.6 Å². The quantitative estimate of drug-likeness (QED) is 0.697. The number of benzene rings is 1. The Morgan fingerprint density at radius 3 is 2.37 bits per heavy atom. The Morgan fingerprint density at radius 2 is 1.78 bits per heavy atom. The molecular formula is C19H29N3O4S. The normalized spacial score (nSPS) is 15.7. The Balaban J connectivity index is 1.75. The molecule has 1 heterocycles. The van der Waals surface area contributed by atoms with E-state index in [0.717, 1.165) is 6.42 Å². The molecule has 0 aliphatic carbocycles. The Kier molecular flexibility index (Phi) is 7.79. The summed E-state index contributed by atoms with van der Waals surface area (Å²) < 4.78 is 27.4. The summed E-state index contributed by atoms with van der Waals surface area (Å²) in [5.74, 6) is 0.213. The van der Waals surface area contributed by atoms with Gasteiger partial charge >= 0.3 is 0 Å². The van der Waals surface area contributed by atoms with Gasteiger partial charge in [-0.3, -0.25) is 9.59 Å². The molecule has 0 radical (unpaired) electrons. The van der Waals surface area contributed by atoms with E-state index < -0.39 is 10.0 Å². The highest BCUT2D eigenvalue weighted by molar-refractivity contribution is 7.89. The number of nitrogens with one attached hydrogen (secondary N) is 2. The lowest BCUT2D eigenvalue weighted by Gasteiger charge is -2.32. The van der Waals surface area contributed by atoms with E-state index in [1.54, 1.807) is 35.2 Å². The molecule has 0 atom stereocenters. The van der Waals surface area contributed by atoms with Gasteiger partial charge in [0.05, 0.1) is 11.4 Å². The fourth-order valence-electron chi connectivity index (χ4n) is 2.93. The molecule has 0 aromatic heterocycles. The third kappa shape index (κ3) is 6.95. The van der Waals surface area contributed by atoms with Crippen LogP contribution >= 0.6 is 0 Å². The first-order valence-corrected chi connectivity index (χ1v) is 10.9. The summed E-state index contributed by atoms with van der Waals surface area (Å²) >= 11 is 0. The zero-order valence-electron chi connectivity index (χ0n) is 16.0. The molecule has 1 aliphatic heterocycles. The second-order valence-electron chi connectivity index (χ2n) is 7.30. The zero-order valence-corrected chi connectivity index (χ0v) is 16.8. The average molecular weight is 396 g/mol. The van der Waals surface area contributed by atoms with Gasteiger partial charge in [0.1, 0.15) is 0 Å². The average Bonchev–Trinajstić information content (AvgIpc) is 2.65. The second-order valence-corrected chi connectivity index (χ2v) is 9.01. The third-order valence-corrected chi connectivity index (χ3v) is 6.14. The lowest BCUT2D eigenvalue weighted by molar-refractivity contribution is -0.133. The fourth-order valence-corrected chi connectivity index (χ4v) is 4.25. The maximum atomic E-state index is 12.4. The minimum atomic E-state index is -3.54. The second kappa shape index (κ2) is 9.85. The number of rotatable bonds is 8. The van der Waals surface area contributed by atoms with E-state index in [0.29, 0.717) is 38.3 Å². The summed E-state index contributed by atoms with van der Waals surface area (Å²) in [5, 5.41) is 2.66. The van der Waals surface area contributed by atoms with Crippen LogP contribution in [0.2, 0.25) is 0 Å². The van der Waals surface area contributed by atoms with Crippen LogP contribution in [0.1, 0.15) is 39.5 Å². The van der Waals surface area contributed by atoms with Crippen LogP contribution in [0.25, 0.3) is 0 Å². The van der Waals surface area contributed by atoms with Crippen molar-refractivity contribution in [3.8, 4) is 0 Å². The largest absolute Gasteiger partial charge is 0.347 e. The predicted molar refractivity (Wildman–Crippen MR) is 103 cm³/mol. The number of piperidine rings is 1. The lowest BCUT2D eigenvalue weighted by Crippen LogP contribution is -2.48. The standard InChI is InChI=1S/C19H29N3O4S/c1-15(2)8-9-18(23)20-14-19(24)22-12-10-16(11-13-22)21-27(25,26)17-6-4-3-5-7-17/h3-7,15-16,21H,8-14H2,1-2H3,(H,20,23). The number of sulfonamides is 1. The molecule has 0 unspecified atom stereocenters. The molecule has 1 aliphatic rings. The van der Waals surface area contributed by atoms with E-state index >= 15 is 0 Å². The SMILES string of the molecule is CC(C)CCC(=O)NCC(=O)N1CCC(NS(=O)(=O)c2ccccc2)CC1. The van der Waals surface area contributed by atoms with Crippen LogP contribution in [0, 0.1) is 5.92 Å². The van der Waals surface area contributed by atoms with Crippen LogP contribution in [0.5, 0.6) is 0 Å². The highest BCUT2D eigenvalue weighted by Gasteiger charge is 2.26. The van der Waals surface area contributed by atoms with Crippen molar-refractivity contribution >= 4 is 21.8 Å². The summed E-state index contributed by atoms with van der Waals surface area (Å²) in [6.07, 6.45) is 2.33.